The van der Waals surface area contributed by atoms with Crippen molar-refractivity contribution < 1.29 is 45.6 Å². The Morgan fingerprint density at radius 3 is 1.62 bits per heavy atom. The molecule has 2 aromatic rings. The number of rotatable bonds is 6. The van der Waals surface area contributed by atoms with Gasteiger partial charge < -0.3 is 18.8 Å². The number of hydrogen-bond donors (Lipinski definition) is 1. The smallest absolute Gasteiger partial charge is 0.337 e. The fraction of sp³-hybridized carbons (Fsp3) is 0.419. The van der Waals surface area contributed by atoms with Gasteiger partial charge in [-0.1, -0.05) is 39.8 Å². The van der Waals surface area contributed by atoms with Crippen LogP contribution in [0.15, 0.2) is 36.4 Å². The lowest BCUT2D eigenvalue weighted by atomic mass is 9.81. The molecule has 2 aromatic carbocycles. The van der Waals surface area contributed by atoms with Crippen LogP contribution >= 0.6 is 0 Å². The number of hydrogen-bond acceptors (Lipinski definition) is 8. The zero-order valence-corrected chi connectivity index (χ0v) is 25.6. The van der Waals surface area contributed by atoms with Gasteiger partial charge in [0.05, 0.1) is 31.6 Å². The SMILES string of the molecule is COC(=O)c1cc(F)c(O)c(C2=CCCC2(C)C)c1.COC(=O)c1cc(F)c(OS(C)(=O)=O)c(C2=CCCC2(C)C)c1. The van der Waals surface area contributed by atoms with Crippen LogP contribution in [0.25, 0.3) is 11.1 Å². The van der Waals surface area contributed by atoms with Crippen LogP contribution in [0.2, 0.25) is 0 Å². The van der Waals surface area contributed by atoms with Crippen molar-refractivity contribution in [3.05, 3.63) is 70.3 Å². The molecule has 42 heavy (non-hydrogen) atoms. The molecule has 0 radical (unpaired) electrons. The maximum atomic E-state index is 14.4. The van der Waals surface area contributed by atoms with Crippen molar-refractivity contribution in [2.75, 3.05) is 20.5 Å². The van der Waals surface area contributed by atoms with E-state index in [2.05, 4.69) is 9.47 Å². The van der Waals surface area contributed by atoms with Crippen molar-refractivity contribution in [3.8, 4) is 11.5 Å². The molecule has 0 aliphatic heterocycles. The van der Waals surface area contributed by atoms with E-state index in [9.17, 15) is 31.9 Å². The van der Waals surface area contributed by atoms with E-state index in [-0.39, 0.29) is 33.3 Å². The van der Waals surface area contributed by atoms with Gasteiger partial charge in [-0.15, -0.1) is 0 Å². The number of halogens is 2. The van der Waals surface area contributed by atoms with Gasteiger partial charge in [-0.05, 0) is 71.9 Å². The Hall–Kier alpha value is -3.73. The summed E-state index contributed by atoms with van der Waals surface area (Å²) in [6, 6.07) is 4.81. The van der Waals surface area contributed by atoms with Crippen molar-refractivity contribution in [3.63, 3.8) is 0 Å². The van der Waals surface area contributed by atoms with Gasteiger partial charge in [0.1, 0.15) is 0 Å². The summed E-state index contributed by atoms with van der Waals surface area (Å²) in [6.45, 7) is 8.01. The number of esters is 2. The van der Waals surface area contributed by atoms with E-state index in [1.807, 2.05) is 39.8 Å². The van der Waals surface area contributed by atoms with Gasteiger partial charge in [-0.2, -0.15) is 8.42 Å². The summed E-state index contributed by atoms with van der Waals surface area (Å²) in [5.74, 6) is -3.84. The van der Waals surface area contributed by atoms with E-state index >= 15 is 0 Å². The molecular formula is C31H36F2O8S. The fourth-order valence-electron chi connectivity index (χ4n) is 5.23. The van der Waals surface area contributed by atoms with Crippen molar-refractivity contribution in [1.29, 1.82) is 0 Å². The normalized spacial score (nSPS) is 17.0. The first kappa shape index (κ1) is 32.8. The van der Waals surface area contributed by atoms with E-state index in [0.717, 1.165) is 55.2 Å². The molecule has 0 saturated heterocycles. The topological polar surface area (TPSA) is 116 Å². The minimum atomic E-state index is -3.91. The van der Waals surface area contributed by atoms with Gasteiger partial charge in [0, 0.05) is 11.1 Å². The molecule has 4 rings (SSSR count). The van der Waals surface area contributed by atoms with Crippen LogP contribution in [0.1, 0.15) is 85.2 Å². The molecule has 228 valence electrons. The molecule has 0 unspecified atom stereocenters. The van der Waals surface area contributed by atoms with Crippen LogP contribution in [0.5, 0.6) is 11.5 Å². The van der Waals surface area contributed by atoms with Gasteiger partial charge in [-0.25, -0.2) is 18.4 Å². The first-order chi connectivity index (χ1) is 19.4. The summed E-state index contributed by atoms with van der Waals surface area (Å²) in [7, 11) is -1.48. The molecule has 0 aromatic heterocycles. The van der Waals surface area contributed by atoms with E-state index < -0.39 is 39.4 Å². The third-order valence-electron chi connectivity index (χ3n) is 7.46. The second-order valence-electron chi connectivity index (χ2n) is 11.5. The Morgan fingerprint density at radius 2 is 1.21 bits per heavy atom. The molecule has 0 atom stereocenters. The molecule has 0 bridgehead atoms. The van der Waals surface area contributed by atoms with Gasteiger partial charge in [0.2, 0.25) is 0 Å². The molecule has 2 aliphatic carbocycles. The first-order valence-corrected chi connectivity index (χ1v) is 15.1. The summed E-state index contributed by atoms with van der Waals surface area (Å²) in [6.07, 6.45) is 8.17. The molecule has 1 N–H and O–H groups in total. The number of aromatic hydroxyl groups is 1. The van der Waals surface area contributed by atoms with Crippen molar-refractivity contribution in [1.82, 2.24) is 0 Å². The Bertz CT molecular complexity index is 1570. The summed E-state index contributed by atoms with van der Waals surface area (Å²) in [4.78, 5) is 23.2. The number of carbonyl (C=O) groups is 2. The lowest BCUT2D eigenvalue weighted by Gasteiger charge is -2.24. The Labute approximate surface area is 245 Å². The van der Waals surface area contributed by atoms with Gasteiger partial charge >= 0.3 is 22.1 Å². The van der Waals surface area contributed by atoms with Crippen LogP contribution in [0.3, 0.4) is 0 Å². The molecular weight excluding hydrogens is 570 g/mol. The van der Waals surface area contributed by atoms with Crippen LogP contribution < -0.4 is 4.18 Å². The fourth-order valence-corrected chi connectivity index (χ4v) is 5.70. The highest BCUT2D eigenvalue weighted by Gasteiger charge is 2.33. The highest BCUT2D eigenvalue weighted by Crippen LogP contribution is 2.48. The summed E-state index contributed by atoms with van der Waals surface area (Å²) in [5, 5.41) is 9.90. The third kappa shape index (κ3) is 7.18. The molecule has 0 spiro atoms. The number of ether oxygens (including phenoxy) is 2. The minimum Gasteiger partial charge on any atom is -0.504 e. The quantitative estimate of drug-likeness (QED) is 0.286. The lowest BCUT2D eigenvalue weighted by Crippen LogP contribution is -2.15. The van der Waals surface area contributed by atoms with E-state index in [0.29, 0.717) is 5.56 Å². The number of allylic oxidation sites excluding steroid dienone is 4. The standard InChI is InChI=1S/C16H19FO5S.C15H17FO3/c1-16(2)7-5-6-12(16)11-8-10(15(18)21-3)9-13(17)14(11)22-23(4,19)20;1-15(2)6-4-5-11(15)10-7-9(14(18)19-3)8-12(16)13(10)17/h6,8-9H,5,7H2,1-4H3;5,7-8,17H,4,6H2,1-3H3. The zero-order valence-electron chi connectivity index (χ0n) is 24.8. The number of phenols is 1. The Kier molecular flexibility index (Phi) is 9.56. The molecule has 8 nitrogen and oxygen atoms in total. The Balaban J connectivity index is 0.000000235. The van der Waals surface area contributed by atoms with Gasteiger partial charge in [0.15, 0.2) is 23.1 Å². The average Bonchev–Trinajstić information content (AvgIpc) is 3.44. The predicted octanol–water partition coefficient (Wildman–Crippen LogP) is 6.68. The number of phenolic OH excluding ortho intramolecular Hbond substituents is 1. The van der Waals surface area contributed by atoms with E-state index in [1.165, 1.54) is 26.4 Å². The van der Waals surface area contributed by atoms with Crippen molar-refractivity contribution >= 4 is 33.2 Å². The van der Waals surface area contributed by atoms with E-state index in [1.54, 1.807) is 0 Å². The highest BCUT2D eigenvalue weighted by molar-refractivity contribution is 7.86. The van der Waals surface area contributed by atoms with Crippen LogP contribution in [0, 0.1) is 22.5 Å². The lowest BCUT2D eigenvalue weighted by molar-refractivity contribution is 0.0591. The minimum absolute atomic E-state index is 0.00412. The maximum absolute atomic E-state index is 14.4. The van der Waals surface area contributed by atoms with E-state index in [4.69, 9.17) is 4.18 Å². The van der Waals surface area contributed by atoms with Crippen LogP contribution in [0.4, 0.5) is 8.78 Å². The zero-order chi connectivity index (χ0) is 31.6. The van der Waals surface area contributed by atoms with Crippen LogP contribution in [-0.2, 0) is 19.6 Å². The number of benzene rings is 2. The second-order valence-corrected chi connectivity index (χ2v) is 13.1. The average molecular weight is 607 g/mol. The summed E-state index contributed by atoms with van der Waals surface area (Å²) in [5.41, 5.74) is 1.95. The van der Waals surface area contributed by atoms with Crippen molar-refractivity contribution in [2.24, 2.45) is 10.8 Å². The first-order valence-electron chi connectivity index (χ1n) is 13.3. The second kappa shape index (κ2) is 12.2. The van der Waals surface area contributed by atoms with Crippen LogP contribution in [-0.4, -0.2) is 45.9 Å². The molecule has 2 aliphatic rings. The highest BCUT2D eigenvalue weighted by atomic mass is 32.2. The van der Waals surface area contributed by atoms with Crippen molar-refractivity contribution in [2.45, 2.75) is 53.4 Å². The molecule has 11 heteroatoms. The third-order valence-corrected chi connectivity index (χ3v) is 7.93. The van der Waals surface area contributed by atoms with Gasteiger partial charge in [0.25, 0.3) is 0 Å². The maximum Gasteiger partial charge on any atom is 0.337 e. The summed E-state index contributed by atoms with van der Waals surface area (Å²) < 4.78 is 65.1. The van der Waals surface area contributed by atoms with Gasteiger partial charge in [-0.3, -0.25) is 0 Å². The number of carbonyl (C=O) groups excluding carboxylic acids is 2. The number of methoxy groups -OCH3 is 2. The largest absolute Gasteiger partial charge is 0.504 e. The monoisotopic (exact) mass is 606 g/mol. The predicted molar refractivity (Wildman–Crippen MR) is 155 cm³/mol. The molecule has 0 saturated carbocycles. The molecule has 0 heterocycles. The molecule has 0 fully saturated rings. The Morgan fingerprint density at radius 1 is 0.786 bits per heavy atom. The summed E-state index contributed by atoms with van der Waals surface area (Å²) >= 11 is 0. The molecule has 0 amide bonds.